The maximum atomic E-state index is 9.25. The smallest absolute Gasteiger partial charge is 0.0512 e. The molecule has 2 nitrogen and oxygen atoms in total. The predicted molar refractivity (Wildman–Crippen MR) is 55.6 cm³/mol. The van der Waals surface area contributed by atoms with Gasteiger partial charge in [-0.05, 0) is 19.8 Å². The van der Waals surface area contributed by atoms with Crippen molar-refractivity contribution in [1.82, 2.24) is 0 Å². The third-order valence-electron chi connectivity index (χ3n) is 2.41. The summed E-state index contributed by atoms with van der Waals surface area (Å²) >= 11 is 0. The highest BCUT2D eigenvalue weighted by molar-refractivity contribution is 4.96. The van der Waals surface area contributed by atoms with E-state index in [-0.39, 0.29) is 18.6 Å². The Morgan fingerprint density at radius 1 is 1.31 bits per heavy atom. The van der Waals surface area contributed by atoms with Crippen molar-refractivity contribution < 1.29 is 10.2 Å². The van der Waals surface area contributed by atoms with E-state index >= 15 is 0 Å². The highest BCUT2D eigenvalue weighted by atomic mass is 16.3. The molecular weight excluding hydrogens is 164 g/mol. The lowest BCUT2D eigenvalue weighted by Gasteiger charge is -2.29. The molecule has 0 saturated heterocycles. The zero-order valence-corrected chi connectivity index (χ0v) is 8.84. The van der Waals surface area contributed by atoms with Crippen LogP contribution in [0.2, 0.25) is 0 Å². The first-order valence-corrected chi connectivity index (χ1v) is 4.96. The third kappa shape index (κ3) is 4.44. The van der Waals surface area contributed by atoms with E-state index in [1.807, 2.05) is 6.92 Å². The molecule has 0 amide bonds. The van der Waals surface area contributed by atoms with Crippen LogP contribution >= 0.6 is 0 Å². The van der Waals surface area contributed by atoms with E-state index in [4.69, 9.17) is 0 Å². The average molecular weight is 186 g/mol. The van der Waals surface area contributed by atoms with Crippen LogP contribution in [-0.4, -0.2) is 23.4 Å². The molecule has 2 heteroatoms. The lowest BCUT2D eigenvalue weighted by atomic mass is 9.79. The molecule has 0 saturated carbocycles. The van der Waals surface area contributed by atoms with Crippen LogP contribution in [0.1, 0.15) is 39.5 Å². The van der Waals surface area contributed by atoms with Gasteiger partial charge in [0.05, 0.1) is 13.2 Å². The Hall–Kier alpha value is -0.340. The quantitative estimate of drug-likeness (QED) is 0.598. The van der Waals surface area contributed by atoms with E-state index in [1.54, 1.807) is 0 Å². The Labute approximate surface area is 81.3 Å². The molecule has 0 fully saturated rings. The lowest BCUT2D eigenvalue weighted by molar-refractivity contribution is 0.0455. The molecule has 0 spiro atoms. The highest BCUT2D eigenvalue weighted by Gasteiger charge is 2.27. The summed E-state index contributed by atoms with van der Waals surface area (Å²) in [6.07, 6.45) is 3.75. The molecule has 13 heavy (non-hydrogen) atoms. The molecule has 0 radical (unpaired) electrons. The van der Waals surface area contributed by atoms with Crippen LogP contribution in [0.25, 0.3) is 0 Å². The monoisotopic (exact) mass is 186 g/mol. The predicted octanol–water partition coefficient (Wildman–Crippen LogP) is 2.11. The molecular formula is C11H22O2. The van der Waals surface area contributed by atoms with Gasteiger partial charge in [0.2, 0.25) is 0 Å². The van der Waals surface area contributed by atoms with Gasteiger partial charge >= 0.3 is 0 Å². The van der Waals surface area contributed by atoms with Crippen LogP contribution in [0, 0.1) is 5.41 Å². The van der Waals surface area contributed by atoms with Gasteiger partial charge in [-0.25, -0.2) is 0 Å². The van der Waals surface area contributed by atoms with Gasteiger partial charge in [-0.15, -0.1) is 6.58 Å². The van der Waals surface area contributed by atoms with E-state index in [2.05, 4.69) is 13.5 Å². The minimum absolute atomic E-state index is 0.0519. The van der Waals surface area contributed by atoms with Crippen molar-refractivity contribution >= 4 is 0 Å². The molecule has 2 N–H and O–H groups in total. The summed E-state index contributed by atoms with van der Waals surface area (Å²) in [5.41, 5.74) is 0.696. The zero-order valence-electron chi connectivity index (χ0n) is 8.84. The van der Waals surface area contributed by atoms with E-state index in [9.17, 15) is 10.2 Å². The Kier molecular flexibility index (Phi) is 6.00. The number of unbranched alkanes of at least 4 members (excludes halogenated alkanes) is 1. The number of aliphatic hydroxyl groups excluding tert-OH is 2. The van der Waals surface area contributed by atoms with Crippen molar-refractivity contribution in [2.24, 2.45) is 5.41 Å². The first kappa shape index (κ1) is 12.7. The summed E-state index contributed by atoms with van der Waals surface area (Å²) in [5, 5.41) is 18.5. The Bertz CT molecular complexity index is 148. The first-order valence-electron chi connectivity index (χ1n) is 4.96. The maximum absolute atomic E-state index is 9.25. The fourth-order valence-corrected chi connectivity index (χ4v) is 1.60. The van der Waals surface area contributed by atoms with Crippen LogP contribution in [-0.2, 0) is 0 Å². The fraction of sp³-hybridized carbons (Fsp3) is 0.818. The van der Waals surface area contributed by atoms with Gasteiger partial charge in [0.1, 0.15) is 0 Å². The fourth-order valence-electron chi connectivity index (χ4n) is 1.60. The normalized spacial score (nSPS) is 11.7. The summed E-state index contributed by atoms with van der Waals surface area (Å²) in [4.78, 5) is 0. The van der Waals surface area contributed by atoms with Crippen LogP contribution in [0.3, 0.4) is 0 Å². The summed E-state index contributed by atoms with van der Waals surface area (Å²) in [7, 11) is 0. The standard InChI is InChI=1S/C11H22O2/c1-4-5-6-11(8-12,9-13)7-10(2)3/h12-13H,2,4-9H2,1,3H3. The van der Waals surface area contributed by atoms with E-state index in [1.165, 1.54) is 0 Å². The van der Waals surface area contributed by atoms with Crippen molar-refractivity contribution in [3.05, 3.63) is 12.2 Å². The summed E-state index contributed by atoms with van der Waals surface area (Å²) in [6, 6.07) is 0. The number of aliphatic hydroxyl groups is 2. The number of allylic oxidation sites excluding steroid dienone is 1. The molecule has 78 valence electrons. The van der Waals surface area contributed by atoms with Gasteiger partial charge in [0, 0.05) is 5.41 Å². The SMILES string of the molecule is C=C(C)CC(CO)(CO)CCCC. The Morgan fingerprint density at radius 3 is 2.15 bits per heavy atom. The molecule has 0 unspecified atom stereocenters. The van der Waals surface area contributed by atoms with Crippen LogP contribution in [0.15, 0.2) is 12.2 Å². The summed E-state index contributed by atoms with van der Waals surface area (Å²) < 4.78 is 0. The highest BCUT2D eigenvalue weighted by Crippen LogP contribution is 2.30. The molecule has 0 rings (SSSR count). The van der Waals surface area contributed by atoms with Crippen molar-refractivity contribution in [1.29, 1.82) is 0 Å². The molecule has 0 aliphatic rings. The van der Waals surface area contributed by atoms with Crippen LogP contribution in [0.4, 0.5) is 0 Å². The second-order valence-corrected chi connectivity index (χ2v) is 4.05. The first-order chi connectivity index (χ1) is 6.10. The van der Waals surface area contributed by atoms with E-state index < -0.39 is 0 Å². The molecule has 0 aromatic carbocycles. The van der Waals surface area contributed by atoms with E-state index in [0.717, 1.165) is 31.3 Å². The second kappa shape index (κ2) is 6.17. The molecule has 0 aliphatic heterocycles. The molecule has 0 aliphatic carbocycles. The van der Waals surface area contributed by atoms with E-state index in [0.29, 0.717) is 0 Å². The number of hydrogen-bond donors (Lipinski definition) is 2. The van der Waals surface area contributed by atoms with Crippen LogP contribution < -0.4 is 0 Å². The topological polar surface area (TPSA) is 40.5 Å². The molecule has 0 bridgehead atoms. The average Bonchev–Trinajstić information content (AvgIpc) is 2.12. The van der Waals surface area contributed by atoms with Crippen molar-refractivity contribution in [2.75, 3.05) is 13.2 Å². The van der Waals surface area contributed by atoms with Gasteiger partial charge in [0.25, 0.3) is 0 Å². The Morgan fingerprint density at radius 2 is 1.85 bits per heavy atom. The molecule has 0 aromatic rings. The third-order valence-corrected chi connectivity index (χ3v) is 2.41. The van der Waals surface area contributed by atoms with Crippen LogP contribution in [0.5, 0.6) is 0 Å². The van der Waals surface area contributed by atoms with Gasteiger partial charge in [-0.2, -0.15) is 0 Å². The summed E-state index contributed by atoms with van der Waals surface area (Å²) in [6.45, 7) is 7.97. The largest absolute Gasteiger partial charge is 0.396 e. The minimum Gasteiger partial charge on any atom is -0.396 e. The summed E-state index contributed by atoms with van der Waals surface area (Å²) in [5.74, 6) is 0. The van der Waals surface area contributed by atoms with Gasteiger partial charge in [-0.1, -0.05) is 25.3 Å². The van der Waals surface area contributed by atoms with Gasteiger partial charge in [-0.3, -0.25) is 0 Å². The molecule has 0 aromatic heterocycles. The van der Waals surface area contributed by atoms with Gasteiger partial charge in [0.15, 0.2) is 0 Å². The second-order valence-electron chi connectivity index (χ2n) is 4.05. The minimum atomic E-state index is -0.332. The number of hydrogen-bond acceptors (Lipinski definition) is 2. The Balaban J connectivity index is 4.21. The van der Waals surface area contributed by atoms with Gasteiger partial charge < -0.3 is 10.2 Å². The maximum Gasteiger partial charge on any atom is 0.0512 e. The molecule has 0 heterocycles. The van der Waals surface area contributed by atoms with Crippen molar-refractivity contribution in [3.63, 3.8) is 0 Å². The number of rotatable bonds is 7. The zero-order chi connectivity index (χ0) is 10.3. The lowest BCUT2D eigenvalue weighted by Crippen LogP contribution is -2.30. The van der Waals surface area contributed by atoms with Crippen molar-refractivity contribution in [2.45, 2.75) is 39.5 Å². The van der Waals surface area contributed by atoms with Crippen molar-refractivity contribution in [3.8, 4) is 0 Å². The molecule has 0 atom stereocenters.